The number of para-hydroxylation sites is 2. The van der Waals surface area contributed by atoms with E-state index in [1.165, 1.54) is 0 Å². The van der Waals surface area contributed by atoms with Crippen LogP contribution < -0.4 is 9.47 Å². The minimum absolute atomic E-state index is 0.165. The van der Waals surface area contributed by atoms with E-state index in [-0.39, 0.29) is 12.5 Å². The van der Waals surface area contributed by atoms with Crippen LogP contribution in [0.4, 0.5) is 0 Å². The van der Waals surface area contributed by atoms with Crippen molar-refractivity contribution in [3.63, 3.8) is 0 Å². The monoisotopic (exact) mass is 244 g/mol. The lowest BCUT2D eigenvalue weighted by molar-refractivity contribution is 0.122. The van der Waals surface area contributed by atoms with E-state index >= 15 is 0 Å². The van der Waals surface area contributed by atoms with Crippen LogP contribution in [0.2, 0.25) is 0 Å². The van der Waals surface area contributed by atoms with Gasteiger partial charge in [-0.15, -0.1) is 11.6 Å². The van der Waals surface area contributed by atoms with Crippen molar-refractivity contribution in [1.82, 2.24) is 0 Å². The van der Waals surface area contributed by atoms with Gasteiger partial charge < -0.3 is 14.6 Å². The quantitative estimate of drug-likeness (QED) is 0.749. The topological polar surface area (TPSA) is 38.7 Å². The highest BCUT2D eigenvalue weighted by atomic mass is 35.5. The molecule has 0 saturated carbocycles. The smallest absolute Gasteiger partial charge is 0.161 e. The molecule has 0 aliphatic carbocycles. The van der Waals surface area contributed by atoms with Crippen LogP contribution in [0.1, 0.15) is 13.3 Å². The van der Waals surface area contributed by atoms with Crippen molar-refractivity contribution in [2.75, 3.05) is 19.1 Å². The van der Waals surface area contributed by atoms with Gasteiger partial charge in [-0.25, -0.2) is 0 Å². The van der Waals surface area contributed by atoms with E-state index in [4.69, 9.17) is 21.1 Å². The van der Waals surface area contributed by atoms with Gasteiger partial charge in [0, 0.05) is 0 Å². The van der Waals surface area contributed by atoms with E-state index in [0.717, 1.165) is 6.42 Å². The Morgan fingerprint density at radius 1 is 1.25 bits per heavy atom. The average molecular weight is 245 g/mol. The molecule has 1 aromatic rings. The first-order valence-corrected chi connectivity index (χ1v) is 5.90. The molecule has 0 aromatic heterocycles. The molecule has 0 aliphatic heterocycles. The second-order valence-electron chi connectivity index (χ2n) is 3.41. The van der Waals surface area contributed by atoms with Crippen molar-refractivity contribution in [3.8, 4) is 11.5 Å². The molecule has 1 atom stereocenters. The molecule has 0 saturated heterocycles. The van der Waals surface area contributed by atoms with Gasteiger partial charge in [0.25, 0.3) is 0 Å². The predicted molar refractivity (Wildman–Crippen MR) is 64.4 cm³/mol. The Morgan fingerprint density at radius 2 is 1.88 bits per heavy atom. The van der Waals surface area contributed by atoms with Gasteiger partial charge in [-0.3, -0.25) is 0 Å². The van der Waals surface area contributed by atoms with Gasteiger partial charge in [0.05, 0.1) is 12.5 Å². The van der Waals surface area contributed by atoms with E-state index < -0.39 is 6.10 Å². The van der Waals surface area contributed by atoms with Crippen molar-refractivity contribution >= 4 is 11.6 Å². The summed E-state index contributed by atoms with van der Waals surface area (Å²) in [5.74, 6) is 1.50. The fourth-order valence-electron chi connectivity index (χ4n) is 1.13. The van der Waals surface area contributed by atoms with Crippen LogP contribution in [0.3, 0.4) is 0 Å². The maximum absolute atomic E-state index is 9.29. The Balaban J connectivity index is 2.56. The summed E-state index contributed by atoms with van der Waals surface area (Å²) in [7, 11) is 0. The normalized spacial score (nSPS) is 12.2. The number of rotatable bonds is 7. The van der Waals surface area contributed by atoms with Crippen LogP contribution >= 0.6 is 11.6 Å². The first-order chi connectivity index (χ1) is 7.77. The lowest BCUT2D eigenvalue weighted by Gasteiger charge is -2.13. The van der Waals surface area contributed by atoms with Crippen molar-refractivity contribution in [2.24, 2.45) is 0 Å². The summed E-state index contributed by atoms with van der Waals surface area (Å²) in [5.41, 5.74) is 0. The van der Waals surface area contributed by atoms with Gasteiger partial charge in [0.15, 0.2) is 11.5 Å². The number of benzene rings is 1. The molecule has 16 heavy (non-hydrogen) atoms. The van der Waals surface area contributed by atoms with Crippen molar-refractivity contribution in [2.45, 2.75) is 19.4 Å². The van der Waals surface area contributed by atoms with E-state index in [2.05, 4.69) is 0 Å². The van der Waals surface area contributed by atoms with Gasteiger partial charge in [-0.2, -0.15) is 0 Å². The van der Waals surface area contributed by atoms with Gasteiger partial charge in [0.1, 0.15) is 12.7 Å². The lowest BCUT2D eigenvalue weighted by Crippen LogP contribution is -2.19. The Labute approximate surface area is 101 Å². The summed E-state index contributed by atoms with van der Waals surface area (Å²) in [6.45, 7) is 2.87. The highest BCUT2D eigenvalue weighted by Crippen LogP contribution is 2.26. The maximum Gasteiger partial charge on any atom is 0.161 e. The first kappa shape index (κ1) is 13.1. The third-order valence-corrected chi connectivity index (χ3v) is 2.28. The number of ether oxygens (including phenoxy) is 2. The molecule has 0 spiro atoms. The largest absolute Gasteiger partial charge is 0.490 e. The Bertz CT molecular complexity index is 304. The molecule has 90 valence electrons. The van der Waals surface area contributed by atoms with Crippen molar-refractivity contribution < 1.29 is 14.6 Å². The van der Waals surface area contributed by atoms with Crippen molar-refractivity contribution in [1.29, 1.82) is 0 Å². The van der Waals surface area contributed by atoms with E-state index in [1.54, 1.807) is 0 Å². The second-order valence-corrected chi connectivity index (χ2v) is 3.72. The third kappa shape index (κ3) is 4.29. The molecule has 0 bridgehead atoms. The highest BCUT2D eigenvalue weighted by Gasteiger charge is 2.07. The molecule has 0 amide bonds. The average Bonchev–Trinajstić information content (AvgIpc) is 2.34. The first-order valence-electron chi connectivity index (χ1n) is 5.36. The van der Waals surface area contributed by atoms with Gasteiger partial charge in [-0.1, -0.05) is 19.1 Å². The van der Waals surface area contributed by atoms with Gasteiger partial charge in [0.2, 0.25) is 0 Å². The zero-order chi connectivity index (χ0) is 11.8. The number of aliphatic hydroxyl groups is 1. The fourth-order valence-corrected chi connectivity index (χ4v) is 1.22. The number of aliphatic hydroxyl groups excluding tert-OH is 1. The van der Waals surface area contributed by atoms with Crippen LogP contribution in [0.15, 0.2) is 24.3 Å². The van der Waals surface area contributed by atoms with E-state index in [0.29, 0.717) is 18.1 Å². The van der Waals surface area contributed by atoms with Crippen LogP contribution in [0.5, 0.6) is 11.5 Å². The van der Waals surface area contributed by atoms with E-state index in [1.807, 2.05) is 31.2 Å². The molecule has 4 heteroatoms. The Morgan fingerprint density at radius 3 is 2.44 bits per heavy atom. The standard InChI is InChI=1S/C12H17ClO3/c1-2-7-15-11-5-3-4-6-12(11)16-9-10(14)8-13/h3-6,10,14H,2,7-9H2,1H3. The molecule has 0 aliphatic rings. The van der Waals surface area contributed by atoms with Gasteiger partial charge >= 0.3 is 0 Å². The van der Waals surface area contributed by atoms with Crippen LogP contribution in [0, 0.1) is 0 Å². The third-order valence-electron chi connectivity index (χ3n) is 1.92. The zero-order valence-electron chi connectivity index (χ0n) is 9.36. The van der Waals surface area contributed by atoms with E-state index in [9.17, 15) is 5.11 Å². The SMILES string of the molecule is CCCOc1ccccc1OCC(O)CCl. The lowest BCUT2D eigenvalue weighted by atomic mass is 10.3. The number of alkyl halides is 1. The summed E-state index contributed by atoms with van der Waals surface area (Å²) in [4.78, 5) is 0. The molecule has 3 nitrogen and oxygen atoms in total. The van der Waals surface area contributed by atoms with Crippen LogP contribution in [-0.4, -0.2) is 30.3 Å². The van der Waals surface area contributed by atoms with Crippen LogP contribution in [0.25, 0.3) is 0 Å². The minimum Gasteiger partial charge on any atom is -0.490 e. The summed E-state index contributed by atoms with van der Waals surface area (Å²) < 4.78 is 10.9. The second kappa shape index (κ2) is 7.36. The highest BCUT2D eigenvalue weighted by molar-refractivity contribution is 6.18. The zero-order valence-corrected chi connectivity index (χ0v) is 10.1. The number of halogens is 1. The molecule has 1 aromatic carbocycles. The Kier molecular flexibility index (Phi) is 6.04. The molecule has 1 N–H and O–H groups in total. The van der Waals surface area contributed by atoms with Crippen molar-refractivity contribution in [3.05, 3.63) is 24.3 Å². The van der Waals surface area contributed by atoms with Crippen LogP contribution in [-0.2, 0) is 0 Å². The Hall–Kier alpha value is -0.930. The summed E-state index contributed by atoms with van der Waals surface area (Å²) in [6.07, 6.45) is 0.291. The molecule has 0 radical (unpaired) electrons. The minimum atomic E-state index is -0.652. The summed E-state index contributed by atoms with van der Waals surface area (Å²) in [5, 5.41) is 9.29. The number of hydrogen-bond donors (Lipinski definition) is 1. The molecule has 1 rings (SSSR count). The molecule has 0 heterocycles. The molecular weight excluding hydrogens is 228 g/mol. The predicted octanol–water partition coefficient (Wildman–Crippen LogP) is 2.45. The summed E-state index contributed by atoms with van der Waals surface area (Å²) in [6, 6.07) is 7.40. The van der Waals surface area contributed by atoms with Gasteiger partial charge in [-0.05, 0) is 18.6 Å². The fraction of sp³-hybridized carbons (Fsp3) is 0.500. The summed E-state index contributed by atoms with van der Waals surface area (Å²) >= 11 is 5.48. The molecule has 0 fully saturated rings. The molecule has 1 unspecified atom stereocenters. The maximum atomic E-state index is 9.29. The molecular formula is C12H17ClO3. The number of hydrogen-bond acceptors (Lipinski definition) is 3.